The number of hydrogen-bond acceptors (Lipinski definition) is 7. The zero-order valence-corrected chi connectivity index (χ0v) is 34.7. The maximum atomic E-state index is 12.6. The molecule has 0 rings (SSSR count). The highest BCUT2D eigenvalue weighted by Gasteiger charge is 2.25. The van der Waals surface area contributed by atoms with Crippen molar-refractivity contribution in [2.24, 2.45) is 0 Å². The predicted octanol–water partition coefficient (Wildman–Crippen LogP) is 9.91. The van der Waals surface area contributed by atoms with Crippen molar-refractivity contribution in [3.05, 3.63) is 48.6 Å². The van der Waals surface area contributed by atoms with Crippen LogP contribution in [0.15, 0.2) is 48.6 Å². The van der Waals surface area contributed by atoms with Crippen LogP contribution in [-0.2, 0) is 28.6 Å². The third-order valence-electron chi connectivity index (χ3n) is 9.20. The maximum absolute atomic E-state index is 12.6. The summed E-state index contributed by atoms with van der Waals surface area (Å²) < 4.78 is 17.1. The van der Waals surface area contributed by atoms with E-state index in [9.17, 15) is 19.5 Å². The molecule has 0 saturated heterocycles. The van der Waals surface area contributed by atoms with E-state index in [0.717, 1.165) is 51.4 Å². The number of aliphatic carboxylic acids is 1. The molecule has 2 atom stereocenters. The molecule has 0 bridgehead atoms. The molecular weight excluding hydrogens is 666 g/mol. The number of carbonyl (C=O) groups excluding carboxylic acids is 3. The Balaban J connectivity index is 4.39. The molecule has 53 heavy (non-hydrogen) atoms. The van der Waals surface area contributed by atoms with Crippen molar-refractivity contribution in [2.45, 2.75) is 180 Å². The van der Waals surface area contributed by atoms with E-state index in [2.05, 4.69) is 62.5 Å². The summed E-state index contributed by atoms with van der Waals surface area (Å²) in [6.07, 6.45) is 41.4. The minimum Gasteiger partial charge on any atom is -0.544 e. The van der Waals surface area contributed by atoms with Crippen molar-refractivity contribution < 1.29 is 38.2 Å². The van der Waals surface area contributed by atoms with Gasteiger partial charge in [-0.2, -0.15) is 0 Å². The van der Waals surface area contributed by atoms with Crippen LogP contribution in [-0.4, -0.2) is 75.5 Å². The monoisotopic (exact) mass is 746 g/mol. The number of carboxylic acids is 1. The molecule has 0 aliphatic heterocycles. The first-order valence-corrected chi connectivity index (χ1v) is 21.2. The van der Waals surface area contributed by atoms with Crippen molar-refractivity contribution >= 4 is 17.9 Å². The lowest BCUT2D eigenvalue weighted by Gasteiger charge is -2.34. The molecule has 0 heterocycles. The highest BCUT2D eigenvalue weighted by molar-refractivity contribution is 5.70. The molecule has 0 aromatic carbocycles. The van der Waals surface area contributed by atoms with E-state index in [1.807, 2.05) is 0 Å². The quantitative estimate of drug-likeness (QED) is 0.0270. The number of quaternary nitrogens is 1. The van der Waals surface area contributed by atoms with Gasteiger partial charge in [0.25, 0.3) is 0 Å². The molecule has 0 aromatic heterocycles. The van der Waals surface area contributed by atoms with Crippen LogP contribution in [0.5, 0.6) is 0 Å². The lowest BCUT2D eigenvalue weighted by molar-refractivity contribution is -0.889. The Hall–Kier alpha value is -2.71. The van der Waals surface area contributed by atoms with Gasteiger partial charge in [0.05, 0.1) is 40.3 Å². The Labute approximate surface area is 325 Å². The smallest absolute Gasteiger partial charge is 0.306 e. The predicted molar refractivity (Wildman–Crippen MR) is 217 cm³/mol. The fourth-order valence-corrected chi connectivity index (χ4v) is 5.90. The summed E-state index contributed by atoms with van der Waals surface area (Å²) in [5.41, 5.74) is 0. The fraction of sp³-hybridized carbons (Fsp3) is 0.756. The van der Waals surface area contributed by atoms with Crippen LogP contribution in [0, 0.1) is 0 Å². The number of rotatable bonds is 37. The van der Waals surface area contributed by atoms with Gasteiger partial charge in [0.1, 0.15) is 12.6 Å². The second-order valence-corrected chi connectivity index (χ2v) is 15.2. The third kappa shape index (κ3) is 34.8. The van der Waals surface area contributed by atoms with Crippen LogP contribution in [0.4, 0.5) is 0 Å². The number of nitrogens with zero attached hydrogens (tertiary/aromatic N) is 1. The molecule has 0 radical (unpaired) electrons. The van der Waals surface area contributed by atoms with Gasteiger partial charge >= 0.3 is 11.9 Å². The molecule has 306 valence electrons. The number of likely N-dealkylation sites (N-methyl/N-ethyl adjacent to an activating group) is 1. The molecule has 2 unspecified atom stereocenters. The normalized spacial score (nSPS) is 13.5. The second-order valence-electron chi connectivity index (χ2n) is 15.2. The third-order valence-corrected chi connectivity index (χ3v) is 9.20. The summed E-state index contributed by atoms with van der Waals surface area (Å²) in [6.45, 7) is 4.48. The Bertz CT molecular complexity index is 1010. The topological polar surface area (TPSA) is 102 Å². The molecular formula is C45H79NO7. The van der Waals surface area contributed by atoms with E-state index >= 15 is 0 Å². The summed E-state index contributed by atoms with van der Waals surface area (Å²) in [6, 6.07) is -0.733. The van der Waals surface area contributed by atoms with E-state index in [-0.39, 0.29) is 49.1 Å². The lowest BCUT2D eigenvalue weighted by atomic mass is 10.1. The number of carboxylic acid groups (broad SMARTS) is 1. The zero-order chi connectivity index (χ0) is 39.3. The maximum Gasteiger partial charge on any atom is 0.306 e. The van der Waals surface area contributed by atoms with Crippen molar-refractivity contribution in [3.63, 3.8) is 0 Å². The second kappa shape index (κ2) is 36.3. The van der Waals surface area contributed by atoms with Gasteiger partial charge < -0.3 is 28.6 Å². The molecule has 0 aliphatic carbocycles. The summed E-state index contributed by atoms with van der Waals surface area (Å²) in [5, 5.41) is 11.6. The first-order valence-electron chi connectivity index (χ1n) is 21.2. The van der Waals surface area contributed by atoms with Gasteiger partial charge in [0.15, 0.2) is 6.10 Å². The molecule has 0 amide bonds. The van der Waals surface area contributed by atoms with Crippen molar-refractivity contribution in [2.75, 3.05) is 41.0 Å². The van der Waals surface area contributed by atoms with Crippen LogP contribution in [0.1, 0.15) is 168 Å². The Kier molecular flexibility index (Phi) is 34.4. The first-order chi connectivity index (χ1) is 25.6. The van der Waals surface area contributed by atoms with Crippen LogP contribution in [0.2, 0.25) is 0 Å². The Morgan fingerprint density at radius 3 is 1.62 bits per heavy atom. The van der Waals surface area contributed by atoms with Crippen molar-refractivity contribution in [3.8, 4) is 0 Å². The number of allylic oxidation sites excluding steroid dienone is 8. The van der Waals surface area contributed by atoms with Crippen LogP contribution in [0.25, 0.3) is 0 Å². The van der Waals surface area contributed by atoms with E-state index in [1.54, 1.807) is 21.1 Å². The number of ether oxygens (including phenoxy) is 3. The molecule has 8 nitrogen and oxygen atoms in total. The Morgan fingerprint density at radius 1 is 0.585 bits per heavy atom. The van der Waals surface area contributed by atoms with Gasteiger partial charge in [-0.1, -0.05) is 127 Å². The molecule has 0 N–H and O–H groups in total. The van der Waals surface area contributed by atoms with E-state index in [1.165, 1.54) is 77.0 Å². The summed E-state index contributed by atoms with van der Waals surface area (Å²) in [7, 11) is 5.38. The molecule has 0 saturated carbocycles. The van der Waals surface area contributed by atoms with Gasteiger partial charge in [-0.3, -0.25) is 9.59 Å². The van der Waals surface area contributed by atoms with E-state index in [4.69, 9.17) is 14.2 Å². The highest BCUT2D eigenvalue weighted by Crippen LogP contribution is 2.13. The van der Waals surface area contributed by atoms with Gasteiger partial charge in [-0.25, -0.2) is 0 Å². The largest absolute Gasteiger partial charge is 0.544 e. The van der Waals surface area contributed by atoms with Crippen LogP contribution >= 0.6 is 0 Å². The van der Waals surface area contributed by atoms with Gasteiger partial charge in [0.2, 0.25) is 0 Å². The highest BCUT2D eigenvalue weighted by atomic mass is 16.6. The average Bonchev–Trinajstić information content (AvgIpc) is 3.11. The van der Waals surface area contributed by atoms with Gasteiger partial charge in [-0.15, -0.1) is 0 Å². The minimum absolute atomic E-state index is 0.0232. The molecule has 0 aromatic rings. The standard InChI is InChI=1S/C45H79NO7/c1-6-8-10-12-14-16-18-20-21-22-23-24-26-27-29-31-33-35-43(47)52-40-41(39-51-38-37-42(45(49)50)46(3,4)5)53-44(48)36-34-32-30-28-25-19-17-15-13-11-9-7-2/h9,11,15,17,20-21,25,28,41-42H,6-8,10,12-14,16,18-19,22-24,26-27,29-40H2,1-5H3/b11-9+,17-15+,21-20+,28-25+. The SMILES string of the molecule is CC/C=C/C/C=C/C/C=C/CCCCC(=O)OC(COCCC(C(=O)[O-])[N+](C)(C)C)COC(=O)CCCCCCCCC/C=C/CCCCCCCC. The van der Waals surface area contributed by atoms with Crippen molar-refractivity contribution in [1.29, 1.82) is 0 Å². The minimum atomic E-state index is -1.13. The van der Waals surface area contributed by atoms with Crippen molar-refractivity contribution in [1.82, 2.24) is 0 Å². The summed E-state index contributed by atoms with van der Waals surface area (Å²) >= 11 is 0. The average molecular weight is 746 g/mol. The molecule has 8 heteroatoms. The van der Waals surface area contributed by atoms with Crippen LogP contribution in [0.3, 0.4) is 0 Å². The van der Waals surface area contributed by atoms with Crippen LogP contribution < -0.4 is 5.11 Å². The van der Waals surface area contributed by atoms with Gasteiger partial charge in [0, 0.05) is 19.3 Å². The first kappa shape index (κ1) is 50.3. The Morgan fingerprint density at radius 2 is 1.06 bits per heavy atom. The number of esters is 2. The zero-order valence-electron chi connectivity index (χ0n) is 34.7. The molecule has 0 aliphatic rings. The summed E-state index contributed by atoms with van der Waals surface area (Å²) in [5.74, 6) is -1.80. The van der Waals surface area contributed by atoms with Gasteiger partial charge in [-0.05, 0) is 70.6 Å². The number of hydrogen-bond donors (Lipinski definition) is 0. The molecule has 0 fully saturated rings. The number of carbonyl (C=O) groups is 3. The van der Waals surface area contributed by atoms with E-state index in [0.29, 0.717) is 12.8 Å². The number of unbranched alkanes of at least 4 members (excludes halogenated alkanes) is 15. The summed E-state index contributed by atoms with van der Waals surface area (Å²) in [4.78, 5) is 36.7. The van der Waals surface area contributed by atoms with E-state index < -0.39 is 18.1 Å². The lowest BCUT2D eigenvalue weighted by Crippen LogP contribution is -2.55. The fourth-order valence-electron chi connectivity index (χ4n) is 5.90. The molecule has 0 spiro atoms.